The number of nitrogens with one attached hydrogen (secondary N) is 1. The summed E-state index contributed by atoms with van der Waals surface area (Å²) in [4.78, 5) is 14.4. The van der Waals surface area contributed by atoms with E-state index in [0.717, 1.165) is 0 Å². The zero-order chi connectivity index (χ0) is 15.1. The molecule has 1 heterocycles. The fraction of sp³-hybridized carbons (Fsp3) is 0.938. The number of likely N-dealkylation sites (tertiary alicyclic amines) is 1. The van der Waals surface area contributed by atoms with Crippen molar-refractivity contribution in [1.82, 2.24) is 10.2 Å². The molecule has 0 aromatic rings. The Morgan fingerprint density at radius 1 is 1.30 bits per heavy atom. The second-order valence-electron chi connectivity index (χ2n) is 6.38. The molecule has 0 bridgehead atoms. The van der Waals surface area contributed by atoms with Crippen LogP contribution in [0, 0.1) is 11.8 Å². The third-order valence-electron chi connectivity index (χ3n) is 4.44. The van der Waals surface area contributed by atoms with Crippen molar-refractivity contribution in [3.05, 3.63) is 0 Å². The van der Waals surface area contributed by atoms with Crippen LogP contribution >= 0.6 is 0 Å². The fourth-order valence-electron chi connectivity index (χ4n) is 3.07. The first kappa shape index (κ1) is 17.4. The van der Waals surface area contributed by atoms with Gasteiger partial charge in [-0.25, -0.2) is 0 Å². The maximum absolute atomic E-state index is 11.8. The van der Waals surface area contributed by atoms with Gasteiger partial charge in [-0.1, -0.05) is 20.8 Å². The number of ether oxygens (including phenoxy) is 1. The third-order valence-corrected chi connectivity index (χ3v) is 4.44. The van der Waals surface area contributed by atoms with Crippen LogP contribution in [0.15, 0.2) is 0 Å². The van der Waals surface area contributed by atoms with E-state index in [1.165, 1.54) is 46.0 Å². The van der Waals surface area contributed by atoms with Crippen LogP contribution in [0.2, 0.25) is 0 Å². The van der Waals surface area contributed by atoms with Gasteiger partial charge in [0.05, 0.1) is 7.11 Å². The summed E-state index contributed by atoms with van der Waals surface area (Å²) in [5.41, 5.74) is 0. The highest BCUT2D eigenvalue weighted by Crippen LogP contribution is 2.21. The fourth-order valence-corrected chi connectivity index (χ4v) is 3.07. The molecule has 0 spiro atoms. The highest BCUT2D eigenvalue weighted by atomic mass is 16.5. The van der Waals surface area contributed by atoms with E-state index >= 15 is 0 Å². The molecule has 0 saturated carbocycles. The number of methoxy groups -OCH3 is 1. The number of carbonyl (C=O) groups excluding carboxylic acids is 1. The molecule has 1 saturated heterocycles. The van der Waals surface area contributed by atoms with E-state index in [0.29, 0.717) is 12.0 Å². The first-order chi connectivity index (χ1) is 9.49. The Bertz CT molecular complexity index is 286. The van der Waals surface area contributed by atoms with Gasteiger partial charge in [-0.2, -0.15) is 0 Å². The Kier molecular flexibility index (Phi) is 7.52. The van der Waals surface area contributed by atoms with Crippen LogP contribution in [0.1, 0.15) is 47.0 Å². The van der Waals surface area contributed by atoms with Crippen molar-refractivity contribution in [3.63, 3.8) is 0 Å². The quantitative estimate of drug-likeness (QED) is 0.728. The number of carbonyl (C=O) groups is 1. The molecule has 0 aromatic carbocycles. The van der Waals surface area contributed by atoms with Gasteiger partial charge in [0.25, 0.3) is 0 Å². The Hall–Kier alpha value is -0.610. The molecule has 1 N–H and O–H groups in total. The molecule has 4 nitrogen and oxygen atoms in total. The maximum Gasteiger partial charge on any atom is 0.323 e. The predicted octanol–water partition coefficient (Wildman–Crippen LogP) is 2.28. The molecule has 1 rings (SSSR count). The number of rotatable bonds is 7. The lowest BCUT2D eigenvalue weighted by Gasteiger charge is -2.36. The van der Waals surface area contributed by atoms with Crippen LogP contribution in [0.25, 0.3) is 0 Å². The molecule has 1 aliphatic rings. The van der Waals surface area contributed by atoms with Crippen molar-refractivity contribution < 1.29 is 9.53 Å². The number of esters is 1. The van der Waals surface area contributed by atoms with Crippen LogP contribution < -0.4 is 5.32 Å². The van der Waals surface area contributed by atoms with Gasteiger partial charge in [-0.15, -0.1) is 0 Å². The van der Waals surface area contributed by atoms with Crippen molar-refractivity contribution in [3.8, 4) is 0 Å². The molecule has 2 unspecified atom stereocenters. The molecular formula is C16H32N2O2. The zero-order valence-electron chi connectivity index (χ0n) is 13.8. The van der Waals surface area contributed by atoms with Gasteiger partial charge in [0.1, 0.15) is 6.04 Å². The van der Waals surface area contributed by atoms with Gasteiger partial charge >= 0.3 is 5.97 Å². The van der Waals surface area contributed by atoms with Crippen LogP contribution in [-0.4, -0.2) is 49.7 Å². The van der Waals surface area contributed by atoms with Crippen LogP contribution in [0.3, 0.4) is 0 Å². The summed E-state index contributed by atoms with van der Waals surface area (Å²) in [6.45, 7) is 12.2. The Morgan fingerprint density at radius 2 is 1.90 bits per heavy atom. The summed E-state index contributed by atoms with van der Waals surface area (Å²) >= 11 is 0. The topological polar surface area (TPSA) is 41.6 Å². The third kappa shape index (κ3) is 5.06. The van der Waals surface area contributed by atoms with Gasteiger partial charge in [-0.05, 0) is 57.7 Å². The SMILES string of the molecule is CCCN1CCC(C(C)NC(C(=O)OC)C(C)C)CC1. The van der Waals surface area contributed by atoms with Crippen molar-refractivity contribution in [2.45, 2.75) is 59.0 Å². The van der Waals surface area contributed by atoms with Crippen molar-refractivity contribution >= 4 is 5.97 Å². The smallest absolute Gasteiger partial charge is 0.323 e. The lowest BCUT2D eigenvalue weighted by molar-refractivity contribution is -0.144. The van der Waals surface area contributed by atoms with Gasteiger partial charge in [0.15, 0.2) is 0 Å². The molecule has 0 aromatic heterocycles. The average molecular weight is 284 g/mol. The minimum absolute atomic E-state index is 0.143. The lowest BCUT2D eigenvalue weighted by Crippen LogP contribution is -2.50. The van der Waals surface area contributed by atoms with E-state index in [-0.39, 0.29) is 17.9 Å². The molecule has 1 aliphatic heterocycles. The summed E-state index contributed by atoms with van der Waals surface area (Å²) < 4.78 is 4.90. The van der Waals surface area contributed by atoms with Gasteiger partial charge in [0.2, 0.25) is 0 Å². The minimum Gasteiger partial charge on any atom is -0.468 e. The molecule has 118 valence electrons. The molecule has 20 heavy (non-hydrogen) atoms. The molecule has 0 amide bonds. The van der Waals surface area contributed by atoms with E-state index in [4.69, 9.17) is 4.74 Å². The molecule has 0 aliphatic carbocycles. The second-order valence-corrected chi connectivity index (χ2v) is 6.38. The highest BCUT2D eigenvalue weighted by molar-refractivity contribution is 5.75. The van der Waals surface area contributed by atoms with E-state index in [9.17, 15) is 4.79 Å². The Morgan fingerprint density at radius 3 is 2.35 bits per heavy atom. The zero-order valence-corrected chi connectivity index (χ0v) is 13.8. The number of hydrogen-bond acceptors (Lipinski definition) is 4. The molecule has 2 atom stereocenters. The van der Waals surface area contributed by atoms with Gasteiger partial charge in [-0.3, -0.25) is 4.79 Å². The second kappa shape index (κ2) is 8.63. The van der Waals surface area contributed by atoms with E-state index in [2.05, 4.69) is 37.9 Å². The highest BCUT2D eigenvalue weighted by Gasteiger charge is 2.29. The summed E-state index contributed by atoms with van der Waals surface area (Å²) in [6, 6.07) is 0.175. The minimum atomic E-state index is -0.191. The Balaban J connectivity index is 2.45. The summed E-state index contributed by atoms with van der Waals surface area (Å²) in [5.74, 6) is 0.773. The predicted molar refractivity (Wildman–Crippen MR) is 82.7 cm³/mol. The normalized spacial score (nSPS) is 20.9. The molecule has 1 fully saturated rings. The van der Waals surface area contributed by atoms with E-state index in [1.54, 1.807) is 0 Å². The molecule has 0 radical (unpaired) electrons. The van der Waals surface area contributed by atoms with Crippen LogP contribution in [0.4, 0.5) is 0 Å². The number of piperidine rings is 1. The first-order valence-corrected chi connectivity index (χ1v) is 8.05. The van der Waals surface area contributed by atoms with Crippen LogP contribution in [0.5, 0.6) is 0 Å². The summed E-state index contributed by atoms with van der Waals surface area (Å²) in [5, 5.41) is 3.49. The number of nitrogens with zero attached hydrogens (tertiary/aromatic N) is 1. The summed E-state index contributed by atoms with van der Waals surface area (Å²) in [6.07, 6.45) is 3.68. The van der Waals surface area contributed by atoms with E-state index in [1.807, 2.05) is 0 Å². The van der Waals surface area contributed by atoms with Crippen LogP contribution in [-0.2, 0) is 9.53 Å². The number of hydrogen-bond donors (Lipinski definition) is 1. The largest absolute Gasteiger partial charge is 0.468 e. The lowest BCUT2D eigenvalue weighted by atomic mass is 9.89. The van der Waals surface area contributed by atoms with Gasteiger partial charge in [0, 0.05) is 6.04 Å². The first-order valence-electron chi connectivity index (χ1n) is 8.05. The van der Waals surface area contributed by atoms with Crippen molar-refractivity contribution in [2.75, 3.05) is 26.7 Å². The van der Waals surface area contributed by atoms with E-state index < -0.39 is 0 Å². The van der Waals surface area contributed by atoms with Gasteiger partial charge < -0.3 is 15.0 Å². The van der Waals surface area contributed by atoms with Crippen molar-refractivity contribution in [2.24, 2.45) is 11.8 Å². The monoisotopic (exact) mass is 284 g/mol. The molecule has 4 heteroatoms. The summed E-state index contributed by atoms with van der Waals surface area (Å²) in [7, 11) is 1.47. The Labute approximate surface area is 124 Å². The maximum atomic E-state index is 11.8. The standard InChI is InChI=1S/C16H32N2O2/c1-6-9-18-10-7-14(8-11-18)13(4)17-15(12(2)3)16(19)20-5/h12-15,17H,6-11H2,1-5H3. The van der Waals surface area contributed by atoms with Crippen molar-refractivity contribution in [1.29, 1.82) is 0 Å². The molecular weight excluding hydrogens is 252 g/mol. The average Bonchev–Trinajstić information content (AvgIpc) is 2.44.